The van der Waals surface area contributed by atoms with Crippen molar-refractivity contribution in [2.24, 2.45) is 11.7 Å². The number of hydrogen-bond donors (Lipinski definition) is 2. The molecule has 0 aromatic carbocycles. The maximum absolute atomic E-state index is 10.5. The van der Waals surface area contributed by atoms with Gasteiger partial charge in [-0.15, -0.1) is 12.4 Å². The van der Waals surface area contributed by atoms with Gasteiger partial charge in [0.25, 0.3) is 0 Å². The summed E-state index contributed by atoms with van der Waals surface area (Å²) in [4.78, 5) is 10.5. The zero-order valence-electron chi connectivity index (χ0n) is 5.80. The van der Waals surface area contributed by atoms with Gasteiger partial charge in [0.1, 0.15) is 0 Å². The summed E-state index contributed by atoms with van der Waals surface area (Å²) in [6, 6.07) is 0. The molecule has 0 aromatic heterocycles. The van der Waals surface area contributed by atoms with Crippen LogP contribution in [0.4, 0.5) is 0 Å². The average Bonchev–Trinajstić information content (AvgIpc) is 1.90. The SMILES string of the molecule is Cl.NC(=O)[C@H]1CCCNC1. The minimum Gasteiger partial charge on any atom is -0.369 e. The van der Waals surface area contributed by atoms with E-state index in [2.05, 4.69) is 5.32 Å². The molecule has 1 fully saturated rings. The molecule has 0 saturated carbocycles. The Balaban J connectivity index is 0.000000810. The highest BCUT2D eigenvalue weighted by atomic mass is 35.5. The van der Waals surface area contributed by atoms with Gasteiger partial charge in [-0.25, -0.2) is 0 Å². The molecular formula is C6H13ClN2O. The highest BCUT2D eigenvalue weighted by molar-refractivity contribution is 5.85. The molecule has 1 amide bonds. The molecular weight excluding hydrogens is 152 g/mol. The Morgan fingerprint density at radius 3 is 2.60 bits per heavy atom. The standard InChI is InChI=1S/C6H12N2O.ClH/c7-6(9)5-2-1-3-8-4-5;/h5,8H,1-4H2,(H2,7,9);1H/t5-;/m0./s1. The van der Waals surface area contributed by atoms with Gasteiger partial charge in [0, 0.05) is 6.54 Å². The van der Waals surface area contributed by atoms with E-state index in [0.717, 1.165) is 25.9 Å². The fraction of sp³-hybridized carbons (Fsp3) is 0.833. The molecule has 1 rings (SSSR count). The summed E-state index contributed by atoms with van der Waals surface area (Å²) in [6.07, 6.45) is 2.04. The van der Waals surface area contributed by atoms with Crippen molar-refractivity contribution < 1.29 is 4.79 Å². The minimum absolute atomic E-state index is 0. The normalized spacial score (nSPS) is 25.0. The van der Waals surface area contributed by atoms with Crippen molar-refractivity contribution in [3.05, 3.63) is 0 Å². The predicted molar refractivity (Wildman–Crippen MR) is 42.0 cm³/mol. The van der Waals surface area contributed by atoms with E-state index in [-0.39, 0.29) is 24.2 Å². The Kier molecular flexibility index (Phi) is 4.40. The molecule has 1 saturated heterocycles. The number of amides is 1. The summed E-state index contributed by atoms with van der Waals surface area (Å²) in [7, 11) is 0. The van der Waals surface area contributed by atoms with Crippen LogP contribution in [0.1, 0.15) is 12.8 Å². The fourth-order valence-corrected chi connectivity index (χ4v) is 1.09. The number of halogens is 1. The van der Waals surface area contributed by atoms with Crippen LogP contribution in [0.2, 0.25) is 0 Å². The highest BCUT2D eigenvalue weighted by Crippen LogP contribution is 2.07. The zero-order chi connectivity index (χ0) is 6.69. The lowest BCUT2D eigenvalue weighted by atomic mass is 9.99. The lowest BCUT2D eigenvalue weighted by Gasteiger charge is -2.18. The molecule has 0 aliphatic carbocycles. The number of carbonyl (C=O) groups excluding carboxylic acids is 1. The van der Waals surface area contributed by atoms with Gasteiger partial charge in [0.15, 0.2) is 0 Å². The van der Waals surface area contributed by atoms with E-state index in [1.165, 1.54) is 0 Å². The summed E-state index contributed by atoms with van der Waals surface area (Å²) in [6.45, 7) is 1.80. The third kappa shape index (κ3) is 2.54. The van der Waals surface area contributed by atoms with Crippen molar-refractivity contribution >= 4 is 18.3 Å². The van der Waals surface area contributed by atoms with E-state index in [1.54, 1.807) is 0 Å². The Hall–Kier alpha value is -0.280. The molecule has 0 bridgehead atoms. The van der Waals surface area contributed by atoms with Crippen molar-refractivity contribution in [2.75, 3.05) is 13.1 Å². The van der Waals surface area contributed by atoms with Crippen LogP contribution in [-0.4, -0.2) is 19.0 Å². The van der Waals surface area contributed by atoms with E-state index in [1.807, 2.05) is 0 Å². The molecule has 0 aromatic rings. The van der Waals surface area contributed by atoms with Crippen LogP contribution >= 0.6 is 12.4 Å². The average molecular weight is 165 g/mol. The van der Waals surface area contributed by atoms with Gasteiger partial charge in [-0.3, -0.25) is 4.79 Å². The lowest BCUT2D eigenvalue weighted by Crippen LogP contribution is -2.37. The van der Waals surface area contributed by atoms with Gasteiger partial charge < -0.3 is 11.1 Å². The lowest BCUT2D eigenvalue weighted by molar-refractivity contribution is -0.122. The second-order valence-corrected chi connectivity index (χ2v) is 2.45. The number of carbonyl (C=O) groups is 1. The Bertz CT molecular complexity index is 112. The minimum atomic E-state index is -0.165. The maximum Gasteiger partial charge on any atom is 0.221 e. The van der Waals surface area contributed by atoms with E-state index in [0.29, 0.717) is 0 Å². The second kappa shape index (κ2) is 4.52. The molecule has 1 aliphatic rings. The fourth-order valence-electron chi connectivity index (χ4n) is 1.09. The Morgan fingerprint density at radius 1 is 1.60 bits per heavy atom. The summed E-state index contributed by atoms with van der Waals surface area (Å²) in [5.41, 5.74) is 5.09. The van der Waals surface area contributed by atoms with Crippen molar-refractivity contribution in [3.8, 4) is 0 Å². The van der Waals surface area contributed by atoms with Crippen LogP contribution in [0, 0.1) is 5.92 Å². The van der Waals surface area contributed by atoms with E-state index in [4.69, 9.17) is 5.73 Å². The van der Waals surface area contributed by atoms with Gasteiger partial charge in [0.2, 0.25) is 5.91 Å². The van der Waals surface area contributed by atoms with Crippen LogP contribution in [0.3, 0.4) is 0 Å². The van der Waals surface area contributed by atoms with Crippen LogP contribution in [0.25, 0.3) is 0 Å². The first-order valence-electron chi connectivity index (χ1n) is 3.31. The number of hydrogen-bond acceptors (Lipinski definition) is 2. The van der Waals surface area contributed by atoms with Crippen molar-refractivity contribution in [2.45, 2.75) is 12.8 Å². The number of piperidine rings is 1. The molecule has 4 heteroatoms. The first-order valence-corrected chi connectivity index (χ1v) is 3.31. The third-order valence-electron chi connectivity index (χ3n) is 1.70. The number of primary amides is 1. The van der Waals surface area contributed by atoms with Gasteiger partial charge in [0.05, 0.1) is 5.92 Å². The smallest absolute Gasteiger partial charge is 0.221 e. The molecule has 0 radical (unpaired) electrons. The van der Waals surface area contributed by atoms with E-state index in [9.17, 15) is 4.79 Å². The molecule has 10 heavy (non-hydrogen) atoms. The van der Waals surface area contributed by atoms with Gasteiger partial charge in [-0.05, 0) is 19.4 Å². The van der Waals surface area contributed by atoms with Crippen molar-refractivity contribution in [3.63, 3.8) is 0 Å². The predicted octanol–water partition coefficient (Wildman–Crippen LogP) is -0.107. The van der Waals surface area contributed by atoms with Crippen LogP contribution < -0.4 is 11.1 Å². The number of rotatable bonds is 1. The van der Waals surface area contributed by atoms with Gasteiger partial charge in [-0.1, -0.05) is 0 Å². The second-order valence-electron chi connectivity index (χ2n) is 2.45. The van der Waals surface area contributed by atoms with E-state index >= 15 is 0 Å². The highest BCUT2D eigenvalue weighted by Gasteiger charge is 2.17. The summed E-state index contributed by atoms with van der Waals surface area (Å²) < 4.78 is 0. The Morgan fingerprint density at radius 2 is 2.30 bits per heavy atom. The van der Waals surface area contributed by atoms with Crippen LogP contribution in [0.5, 0.6) is 0 Å². The van der Waals surface area contributed by atoms with Crippen LogP contribution in [-0.2, 0) is 4.79 Å². The first-order chi connectivity index (χ1) is 4.30. The molecule has 0 spiro atoms. The first kappa shape index (κ1) is 9.72. The molecule has 3 nitrogen and oxygen atoms in total. The van der Waals surface area contributed by atoms with E-state index < -0.39 is 0 Å². The summed E-state index contributed by atoms with van der Waals surface area (Å²) >= 11 is 0. The summed E-state index contributed by atoms with van der Waals surface area (Å²) in [5.74, 6) is -0.0825. The molecule has 1 atom stereocenters. The molecule has 3 N–H and O–H groups in total. The largest absolute Gasteiger partial charge is 0.369 e. The quantitative estimate of drug-likeness (QED) is 0.569. The molecule has 0 unspecified atom stereocenters. The Labute approximate surface area is 66.8 Å². The molecule has 1 heterocycles. The zero-order valence-corrected chi connectivity index (χ0v) is 6.62. The number of nitrogens with one attached hydrogen (secondary N) is 1. The monoisotopic (exact) mass is 164 g/mol. The topological polar surface area (TPSA) is 55.1 Å². The van der Waals surface area contributed by atoms with Crippen LogP contribution in [0.15, 0.2) is 0 Å². The molecule has 1 aliphatic heterocycles. The van der Waals surface area contributed by atoms with Gasteiger partial charge in [-0.2, -0.15) is 0 Å². The van der Waals surface area contributed by atoms with Crippen molar-refractivity contribution in [1.29, 1.82) is 0 Å². The number of nitrogens with two attached hydrogens (primary N) is 1. The molecule has 60 valence electrons. The van der Waals surface area contributed by atoms with Crippen molar-refractivity contribution in [1.82, 2.24) is 5.32 Å². The maximum atomic E-state index is 10.5. The summed E-state index contributed by atoms with van der Waals surface area (Å²) in [5, 5.41) is 3.12. The van der Waals surface area contributed by atoms with Gasteiger partial charge >= 0.3 is 0 Å². The third-order valence-corrected chi connectivity index (χ3v) is 1.70.